The Hall–Kier alpha value is -1.26. The van der Waals surface area contributed by atoms with Gasteiger partial charge in [-0.2, -0.15) is 0 Å². The molecular weight excluding hydrogens is 242 g/mol. The first-order chi connectivity index (χ1) is 7.69. The summed E-state index contributed by atoms with van der Waals surface area (Å²) in [5.41, 5.74) is 6.75. The molecule has 1 aromatic rings. The highest BCUT2D eigenvalue weighted by Crippen LogP contribution is 2.25. The highest BCUT2D eigenvalue weighted by atomic mass is 35.5. The minimum atomic E-state index is -0.393. The lowest BCUT2D eigenvalue weighted by Crippen LogP contribution is -2.17. The van der Waals surface area contributed by atoms with E-state index in [2.05, 4.69) is 4.74 Å². The minimum Gasteiger partial charge on any atom is -0.494 e. The molecule has 0 amide bonds. The highest BCUT2D eigenvalue weighted by Gasteiger charge is 2.15. The molecular formula is C12H18ClNO3. The van der Waals surface area contributed by atoms with Crippen molar-refractivity contribution in [3.05, 3.63) is 29.8 Å². The fourth-order valence-electron chi connectivity index (χ4n) is 1.45. The van der Waals surface area contributed by atoms with Gasteiger partial charge in [0.05, 0.1) is 20.1 Å². The van der Waals surface area contributed by atoms with Gasteiger partial charge in [0, 0.05) is 11.6 Å². The van der Waals surface area contributed by atoms with Crippen molar-refractivity contribution in [1.82, 2.24) is 0 Å². The highest BCUT2D eigenvalue weighted by molar-refractivity contribution is 5.85. The summed E-state index contributed by atoms with van der Waals surface area (Å²) in [5.74, 6) is 0.403. The second-order valence-corrected chi connectivity index (χ2v) is 3.36. The molecule has 0 heterocycles. The Labute approximate surface area is 108 Å². The van der Waals surface area contributed by atoms with Gasteiger partial charge in [0.2, 0.25) is 0 Å². The molecule has 0 bridgehead atoms. The van der Waals surface area contributed by atoms with Crippen LogP contribution in [0.5, 0.6) is 5.75 Å². The number of nitrogens with two attached hydrogens (primary N) is 1. The summed E-state index contributed by atoms with van der Waals surface area (Å²) < 4.78 is 10.0. The summed E-state index contributed by atoms with van der Waals surface area (Å²) in [7, 11) is 1.35. The van der Waals surface area contributed by atoms with Crippen LogP contribution in [-0.4, -0.2) is 19.7 Å². The maximum atomic E-state index is 11.1. The number of methoxy groups -OCH3 is 1. The van der Waals surface area contributed by atoms with Crippen LogP contribution in [0.1, 0.15) is 24.9 Å². The van der Waals surface area contributed by atoms with Gasteiger partial charge in [-0.05, 0) is 13.0 Å². The molecule has 0 fully saturated rings. The topological polar surface area (TPSA) is 61.5 Å². The molecule has 0 radical (unpaired) electrons. The Morgan fingerprint density at radius 1 is 1.41 bits per heavy atom. The average Bonchev–Trinajstić information content (AvgIpc) is 2.30. The van der Waals surface area contributed by atoms with Crippen LogP contribution in [0.2, 0.25) is 0 Å². The van der Waals surface area contributed by atoms with E-state index in [1.54, 1.807) is 0 Å². The monoisotopic (exact) mass is 259 g/mol. The van der Waals surface area contributed by atoms with E-state index in [-0.39, 0.29) is 24.8 Å². The van der Waals surface area contributed by atoms with Crippen LogP contribution in [-0.2, 0) is 9.53 Å². The smallest absolute Gasteiger partial charge is 0.307 e. The third kappa shape index (κ3) is 4.63. The summed E-state index contributed by atoms with van der Waals surface area (Å²) in [5, 5.41) is 0. The van der Waals surface area contributed by atoms with Crippen LogP contribution in [0.25, 0.3) is 0 Å². The van der Waals surface area contributed by atoms with Gasteiger partial charge in [-0.3, -0.25) is 4.79 Å². The van der Waals surface area contributed by atoms with Crippen LogP contribution in [0.15, 0.2) is 24.3 Å². The van der Waals surface area contributed by atoms with E-state index >= 15 is 0 Å². The number of halogens is 1. The van der Waals surface area contributed by atoms with Crippen molar-refractivity contribution in [2.75, 3.05) is 13.7 Å². The summed E-state index contributed by atoms with van der Waals surface area (Å²) in [4.78, 5) is 11.1. The Balaban J connectivity index is 0.00000256. The molecule has 0 saturated heterocycles. The normalized spacial score (nSPS) is 11.2. The van der Waals surface area contributed by atoms with Crippen LogP contribution >= 0.6 is 12.4 Å². The molecule has 1 rings (SSSR count). The van der Waals surface area contributed by atoms with Crippen LogP contribution in [0.3, 0.4) is 0 Å². The number of rotatable bonds is 5. The molecule has 1 unspecified atom stereocenters. The second-order valence-electron chi connectivity index (χ2n) is 3.36. The number of benzene rings is 1. The molecule has 0 spiro atoms. The van der Waals surface area contributed by atoms with E-state index in [0.717, 1.165) is 11.3 Å². The van der Waals surface area contributed by atoms with E-state index in [0.29, 0.717) is 6.61 Å². The van der Waals surface area contributed by atoms with Crippen molar-refractivity contribution in [3.8, 4) is 5.75 Å². The molecule has 0 aliphatic carbocycles. The van der Waals surface area contributed by atoms with E-state index in [9.17, 15) is 4.79 Å². The lowest BCUT2D eigenvalue weighted by Gasteiger charge is -2.15. The summed E-state index contributed by atoms with van der Waals surface area (Å²) in [6.45, 7) is 2.48. The van der Waals surface area contributed by atoms with Gasteiger partial charge in [-0.25, -0.2) is 0 Å². The molecule has 0 aliphatic heterocycles. The van der Waals surface area contributed by atoms with Crippen LogP contribution in [0, 0.1) is 0 Å². The Morgan fingerprint density at radius 2 is 2.06 bits per heavy atom. The fourth-order valence-corrected chi connectivity index (χ4v) is 1.45. The van der Waals surface area contributed by atoms with Gasteiger partial charge in [-0.15, -0.1) is 12.4 Å². The van der Waals surface area contributed by atoms with Gasteiger partial charge in [0.1, 0.15) is 5.75 Å². The maximum Gasteiger partial charge on any atom is 0.307 e. The predicted molar refractivity (Wildman–Crippen MR) is 68.4 cm³/mol. The average molecular weight is 260 g/mol. The van der Waals surface area contributed by atoms with Crippen LogP contribution < -0.4 is 10.5 Å². The third-order valence-electron chi connectivity index (χ3n) is 2.23. The standard InChI is InChI=1S/C12H17NO3.ClH/c1-3-16-11-7-5-4-6-9(11)10(13)8-12(14)15-2;/h4-7,10H,3,8,13H2,1-2H3;1H. The molecule has 5 heteroatoms. The molecule has 1 aromatic carbocycles. The van der Waals surface area contributed by atoms with E-state index < -0.39 is 6.04 Å². The summed E-state index contributed by atoms with van der Waals surface area (Å²) >= 11 is 0. The number of ether oxygens (including phenoxy) is 2. The van der Waals surface area contributed by atoms with Crippen molar-refractivity contribution in [1.29, 1.82) is 0 Å². The predicted octanol–water partition coefficient (Wildman–Crippen LogP) is 2.07. The van der Waals surface area contributed by atoms with Gasteiger partial charge in [0.15, 0.2) is 0 Å². The zero-order chi connectivity index (χ0) is 12.0. The Bertz CT molecular complexity index is 357. The molecule has 17 heavy (non-hydrogen) atoms. The van der Waals surface area contributed by atoms with Gasteiger partial charge in [-0.1, -0.05) is 18.2 Å². The minimum absolute atomic E-state index is 0. The maximum absolute atomic E-state index is 11.1. The Kier molecular flexibility index (Phi) is 7.34. The number of hydrogen-bond donors (Lipinski definition) is 1. The van der Waals surface area contributed by atoms with Crippen LogP contribution in [0.4, 0.5) is 0 Å². The first-order valence-corrected chi connectivity index (χ1v) is 5.23. The first kappa shape index (κ1) is 15.7. The lowest BCUT2D eigenvalue weighted by molar-refractivity contribution is -0.141. The third-order valence-corrected chi connectivity index (χ3v) is 2.23. The van der Waals surface area contributed by atoms with Crippen molar-refractivity contribution < 1.29 is 14.3 Å². The largest absolute Gasteiger partial charge is 0.494 e. The molecule has 96 valence electrons. The molecule has 2 N–H and O–H groups in total. The Morgan fingerprint density at radius 3 is 2.65 bits per heavy atom. The quantitative estimate of drug-likeness (QED) is 0.823. The second kappa shape index (κ2) is 7.92. The van der Waals surface area contributed by atoms with E-state index in [1.165, 1.54) is 7.11 Å². The van der Waals surface area contributed by atoms with Crippen molar-refractivity contribution in [3.63, 3.8) is 0 Å². The van der Waals surface area contributed by atoms with Crippen molar-refractivity contribution in [2.45, 2.75) is 19.4 Å². The molecule has 0 aromatic heterocycles. The van der Waals surface area contributed by atoms with E-state index in [1.807, 2.05) is 31.2 Å². The zero-order valence-electron chi connectivity index (χ0n) is 10.0. The number of carbonyl (C=O) groups is 1. The van der Waals surface area contributed by atoms with Gasteiger partial charge in [0.25, 0.3) is 0 Å². The lowest BCUT2D eigenvalue weighted by atomic mass is 10.0. The summed E-state index contributed by atoms with van der Waals surface area (Å²) in [6, 6.07) is 7.05. The number of hydrogen-bond acceptors (Lipinski definition) is 4. The van der Waals surface area contributed by atoms with Crippen molar-refractivity contribution >= 4 is 18.4 Å². The number of para-hydroxylation sites is 1. The summed E-state index contributed by atoms with van der Waals surface area (Å²) in [6.07, 6.45) is 0.153. The molecule has 4 nitrogen and oxygen atoms in total. The van der Waals surface area contributed by atoms with Gasteiger partial charge < -0.3 is 15.2 Å². The fraction of sp³-hybridized carbons (Fsp3) is 0.417. The molecule has 0 aliphatic rings. The molecule has 1 atom stereocenters. The SMILES string of the molecule is CCOc1ccccc1C(N)CC(=O)OC.Cl. The number of esters is 1. The van der Waals surface area contributed by atoms with Gasteiger partial charge >= 0.3 is 5.97 Å². The van der Waals surface area contributed by atoms with Crippen molar-refractivity contribution in [2.24, 2.45) is 5.73 Å². The zero-order valence-corrected chi connectivity index (χ0v) is 10.8. The van der Waals surface area contributed by atoms with E-state index in [4.69, 9.17) is 10.5 Å². The first-order valence-electron chi connectivity index (χ1n) is 5.23. The molecule has 0 saturated carbocycles. The number of carbonyl (C=O) groups excluding carboxylic acids is 1.